The summed E-state index contributed by atoms with van der Waals surface area (Å²) in [5, 5.41) is 2.84. The van der Waals surface area contributed by atoms with E-state index in [9.17, 15) is 18.4 Å². The number of rotatable bonds is 7. The van der Waals surface area contributed by atoms with Crippen LogP contribution in [-0.2, 0) is 4.79 Å². The van der Waals surface area contributed by atoms with Gasteiger partial charge < -0.3 is 14.8 Å². The number of carbonyl (C=O) groups excluding carboxylic acids is 1. The molecule has 1 heterocycles. The molecule has 0 radical (unpaired) electrons. The lowest BCUT2D eigenvalue weighted by atomic mass is 10.2. The highest BCUT2D eigenvalue weighted by atomic mass is 32.2. The number of amides is 1. The largest absolute Gasteiger partial charge is 0.493 e. The summed E-state index contributed by atoms with van der Waals surface area (Å²) in [5.74, 6) is -1.78. The monoisotopic (exact) mass is 483 g/mol. The van der Waals surface area contributed by atoms with E-state index >= 15 is 0 Å². The van der Waals surface area contributed by atoms with Crippen LogP contribution in [0.1, 0.15) is 0 Å². The second kappa shape index (κ2) is 9.92. The van der Waals surface area contributed by atoms with Gasteiger partial charge in [0.2, 0.25) is 5.91 Å². The number of benzene rings is 3. The van der Waals surface area contributed by atoms with E-state index in [1.807, 2.05) is 0 Å². The first-order valence-electron chi connectivity index (χ1n) is 10.0. The molecule has 0 unspecified atom stereocenters. The van der Waals surface area contributed by atoms with E-state index in [1.165, 1.54) is 24.9 Å². The number of aromatic nitrogens is 2. The van der Waals surface area contributed by atoms with E-state index < -0.39 is 23.2 Å². The van der Waals surface area contributed by atoms with E-state index in [-0.39, 0.29) is 16.5 Å². The fourth-order valence-electron chi connectivity index (χ4n) is 3.32. The molecule has 10 heteroatoms. The smallest absolute Gasteiger partial charge is 0.266 e. The topological polar surface area (TPSA) is 82.5 Å². The molecule has 0 atom stereocenters. The number of para-hydroxylation sites is 2. The van der Waals surface area contributed by atoms with E-state index in [1.54, 1.807) is 42.5 Å². The molecule has 0 fully saturated rings. The standard InChI is InChI=1S/C24H19F2N3O4S/c1-32-19-11-10-14(12-20(19)33-2)29-23(31)15-6-3-4-9-18(15)27-24(29)34-13-21(30)28-22-16(25)7-5-8-17(22)26/h3-12H,13H2,1-2H3,(H,28,30). The van der Waals surface area contributed by atoms with Crippen LogP contribution < -0.4 is 20.3 Å². The molecule has 34 heavy (non-hydrogen) atoms. The summed E-state index contributed by atoms with van der Waals surface area (Å²) in [4.78, 5) is 30.4. The minimum absolute atomic E-state index is 0.222. The van der Waals surface area contributed by atoms with Gasteiger partial charge in [0, 0.05) is 6.07 Å². The molecule has 1 aromatic heterocycles. The molecule has 174 valence electrons. The maximum Gasteiger partial charge on any atom is 0.266 e. The van der Waals surface area contributed by atoms with Crippen molar-refractivity contribution in [1.82, 2.24) is 9.55 Å². The van der Waals surface area contributed by atoms with Crippen molar-refractivity contribution in [2.24, 2.45) is 0 Å². The number of thioether (sulfide) groups is 1. The molecule has 0 aliphatic heterocycles. The van der Waals surface area contributed by atoms with Gasteiger partial charge in [0.25, 0.3) is 5.56 Å². The number of hydrogen-bond acceptors (Lipinski definition) is 6. The quantitative estimate of drug-likeness (QED) is 0.310. The molecule has 0 saturated carbocycles. The van der Waals surface area contributed by atoms with Gasteiger partial charge in [-0.2, -0.15) is 0 Å². The first-order valence-corrected chi connectivity index (χ1v) is 11.0. The second-order valence-electron chi connectivity index (χ2n) is 7.02. The molecule has 0 bridgehead atoms. The van der Waals surface area contributed by atoms with Crippen LogP contribution in [0.5, 0.6) is 11.5 Å². The molecule has 0 saturated heterocycles. The zero-order valence-electron chi connectivity index (χ0n) is 18.2. The Morgan fingerprint density at radius 1 is 1.00 bits per heavy atom. The Hall–Kier alpha value is -3.92. The Morgan fingerprint density at radius 2 is 1.71 bits per heavy atom. The summed E-state index contributed by atoms with van der Waals surface area (Å²) < 4.78 is 39.7. The maximum atomic E-state index is 13.9. The van der Waals surface area contributed by atoms with Crippen molar-refractivity contribution in [3.63, 3.8) is 0 Å². The maximum absolute atomic E-state index is 13.9. The van der Waals surface area contributed by atoms with E-state index in [0.29, 0.717) is 28.1 Å². The third kappa shape index (κ3) is 4.58. The third-order valence-corrected chi connectivity index (χ3v) is 5.87. The van der Waals surface area contributed by atoms with Crippen molar-refractivity contribution in [2.45, 2.75) is 5.16 Å². The number of methoxy groups -OCH3 is 2. The van der Waals surface area contributed by atoms with Crippen LogP contribution in [0.4, 0.5) is 14.5 Å². The van der Waals surface area contributed by atoms with Gasteiger partial charge >= 0.3 is 0 Å². The van der Waals surface area contributed by atoms with Crippen LogP contribution in [0, 0.1) is 11.6 Å². The number of anilines is 1. The van der Waals surface area contributed by atoms with Crippen molar-refractivity contribution in [3.8, 4) is 17.2 Å². The predicted molar refractivity (Wildman–Crippen MR) is 126 cm³/mol. The molecule has 3 aromatic carbocycles. The second-order valence-corrected chi connectivity index (χ2v) is 7.97. The molecule has 0 spiro atoms. The lowest BCUT2D eigenvalue weighted by Gasteiger charge is -2.15. The van der Waals surface area contributed by atoms with E-state index in [0.717, 1.165) is 23.9 Å². The van der Waals surface area contributed by atoms with Crippen LogP contribution in [-0.4, -0.2) is 35.4 Å². The minimum atomic E-state index is -0.885. The normalized spacial score (nSPS) is 10.8. The first kappa shape index (κ1) is 23.2. The average Bonchev–Trinajstić information content (AvgIpc) is 2.85. The highest BCUT2D eigenvalue weighted by Gasteiger charge is 2.18. The zero-order valence-corrected chi connectivity index (χ0v) is 19.0. The Balaban J connectivity index is 1.72. The molecular weight excluding hydrogens is 464 g/mol. The summed E-state index contributed by atoms with van der Waals surface area (Å²) in [6, 6.07) is 15.1. The van der Waals surface area contributed by atoms with Crippen LogP contribution in [0.3, 0.4) is 0 Å². The number of nitrogens with zero attached hydrogens (tertiary/aromatic N) is 2. The Bertz CT molecular complexity index is 1420. The summed E-state index contributed by atoms with van der Waals surface area (Å²) in [5.41, 5.74) is 0.0222. The molecule has 4 rings (SSSR count). The molecule has 7 nitrogen and oxygen atoms in total. The summed E-state index contributed by atoms with van der Waals surface area (Å²) in [7, 11) is 2.98. The zero-order chi connectivity index (χ0) is 24.2. The van der Waals surface area contributed by atoms with Crippen LogP contribution in [0.2, 0.25) is 0 Å². The van der Waals surface area contributed by atoms with Crippen molar-refractivity contribution < 1.29 is 23.0 Å². The van der Waals surface area contributed by atoms with Crippen molar-refractivity contribution in [3.05, 3.63) is 82.7 Å². The fourth-order valence-corrected chi connectivity index (χ4v) is 4.14. The predicted octanol–water partition coefficient (Wildman–Crippen LogP) is 4.41. The number of carbonyl (C=O) groups is 1. The third-order valence-electron chi connectivity index (χ3n) is 4.93. The number of nitrogens with one attached hydrogen (secondary N) is 1. The molecule has 1 N–H and O–H groups in total. The van der Waals surface area contributed by atoms with Crippen LogP contribution in [0.15, 0.2) is 70.6 Å². The van der Waals surface area contributed by atoms with Gasteiger partial charge in [-0.3, -0.25) is 14.2 Å². The van der Waals surface area contributed by atoms with Crippen LogP contribution >= 0.6 is 11.8 Å². The fraction of sp³-hybridized carbons (Fsp3) is 0.125. The number of fused-ring (bicyclic) bond motifs is 1. The van der Waals surface area contributed by atoms with Crippen molar-refractivity contribution >= 4 is 34.3 Å². The average molecular weight is 483 g/mol. The van der Waals surface area contributed by atoms with Crippen molar-refractivity contribution in [2.75, 3.05) is 25.3 Å². The van der Waals surface area contributed by atoms with Gasteiger partial charge in [-0.05, 0) is 36.4 Å². The SMILES string of the molecule is COc1ccc(-n2c(SCC(=O)Nc3c(F)cccc3F)nc3ccccc3c2=O)cc1OC. The molecule has 1 amide bonds. The van der Waals surface area contributed by atoms with Gasteiger partial charge in [-0.15, -0.1) is 0 Å². The highest BCUT2D eigenvalue weighted by Crippen LogP contribution is 2.30. The first-order chi connectivity index (χ1) is 16.4. The summed E-state index contributed by atoms with van der Waals surface area (Å²) in [6.07, 6.45) is 0. The number of halogens is 2. The van der Waals surface area contributed by atoms with Gasteiger partial charge in [0.1, 0.15) is 17.3 Å². The Kier molecular flexibility index (Phi) is 6.78. The van der Waals surface area contributed by atoms with Gasteiger partial charge in [0.05, 0.1) is 36.6 Å². The molecule has 0 aliphatic carbocycles. The summed E-state index contributed by atoms with van der Waals surface area (Å²) >= 11 is 0.956. The van der Waals surface area contributed by atoms with Gasteiger partial charge in [-0.1, -0.05) is 30.0 Å². The highest BCUT2D eigenvalue weighted by molar-refractivity contribution is 7.99. The van der Waals surface area contributed by atoms with Gasteiger partial charge in [0.15, 0.2) is 16.7 Å². The van der Waals surface area contributed by atoms with Crippen LogP contribution in [0.25, 0.3) is 16.6 Å². The lowest BCUT2D eigenvalue weighted by Crippen LogP contribution is -2.23. The Labute approximate surface area is 197 Å². The molecule has 0 aliphatic rings. The van der Waals surface area contributed by atoms with E-state index in [2.05, 4.69) is 10.3 Å². The number of ether oxygens (including phenoxy) is 2. The molecule has 4 aromatic rings. The minimum Gasteiger partial charge on any atom is -0.493 e. The molecular formula is C24H19F2N3O4S. The van der Waals surface area contributed by atoms with E-state index in [4.69, 9.17) is 9.47 Å². The van der Waals surface area contributed by atoms with Crippen molar-refractivity contribution in [1.29, 1.82) is 0 Å². The number of hydrogen-bond donors (Lipinski definition) is 1. The summed E-state index contributed by atoms with van der Waals surface area (Å²) in [6.45, 7) is 0. The van der Waals surface area contributed by atoms with Gasteiger partial charge in [-0.25, -0.2) is 13.8 Å². The lowest BCUT2D eigenvalue weighted by molar-refractivity contribution is -0.113. The Morgan fingerprint density at radius 3 is 2.41 bits per heavy atom.